The zero-order valence-electron chi connectivity index (χ0n) is 19.9. The Morgan fingerprint density at radius 3 is 2.22 bits per heavy atom. The molecule has 2 aliphatic heterocycles. The van der Waals surface area contributed by atoms with Crippen LogP contribution in [0, 0.1) is 6.92 Å². The Morgan fingerprint density at radius 1 is 0.969 bits per heavy atom. The molecule has 0 saturated carbocycles. The SMILES string of the molecule is C=C/C=C(\C)N1CCN(C(=O)c2cc(CN3CCN(/C(C)=N/C=C)CC3)ccc2C)CC1. The van der Waals surface area contributed by atoms with Gasteiger partial charge in [0.2, 0.25) is 0 Å². The van der Waals surface area contributed by atoms with Crippen molar-refractivity contribution in [2.75, 3.05) is 52.4 Å². The van der Waals surface area contributed by atoms with E-state index in [0.717, 1.165) is 75.9 Å². The molecular formula is C26H37N5O. The molecule has 0 atom stereocenters. The number of carbonyl (C=O) groups is 1. The molecule has 1 aromatic rings. The standard InChI is InChI=1S/C26H37N5O/c1-6-8-22(4)29-15-17-31(18-16-29)26(32)25-19-24(10-9-21(25)3)20-28-11-13-30(14-12-28)23(5)27-7-2/h6-10,19H,1-2,11-18,20H2,3-5H3/b22-8+,27-23+. The van der Waals surface area contributed by atoms with Gasteiger partial charge in [0.25, 0.3) is 5.91 Å². The zero-order valence-corrected chi connectivity index (χ0v) is 19.9. The van der Waals surface area contributed by atoms with E-state index >= 15 is 0 Å². The summed E-state index contributed by atoms with van der Waals surface area (Å²) in [5.41, 5.74) is 4.29. The number of hydrogen-bond acceptors (Lipinski definition) is 4. The highest BCUT2D eigenvalue weighted by Gasteiger charge is 2.24. The van der Waals surface area contributed by atoms with Crippen LogP contribution in [0.3, 0.4) is 0 Å². The van der Waals surface area contributed by atoms with Crippen molar-refractivity contribution in [3.8, 4) is 0 Å². The highest BCUT2D eigenvalue weighted by atomic mass is 16.2. The van der Waals surface area contributed by atoms with Crippen molar-refractivity contribution in [2.45, 2.75) is 27.3 Å². The van der Waals surface area contributed by atoms with Gasteiger partial charge in [-0.05, 0) is 44.0 Å². The molecule has 3 rings (SSSR count). The van der Waals surface area contributed by atoms with Gasteiger partial charge in [-0.3, -0.25) is 9.69 Å². The quantitative estimate of drug-likeness (QED) is 0.390. The van der Waals surface area contributed by atoms with Crippen LogP contribution < -0.4 is 0 Å². The summed E-state index contributed by atoms with van der Waals surface area (Å²) in [5.74, 6) is 1.17. The molecule has 6 heteroatoms. The van der Waals surface area contributed by atoms with E-state index < -0.39 is 0 Å². The first-order chi connectivity index (χ1) is 15.4. The van der Waals surface area contributed by atoms with Crippen LogP contribution in [-0.4, -0.2) is 83.7 Å². The Morgan fingerprint density at radius 2 is 1.59 bits per heavy atom. The number of carbonyl (C=O) groups excluding carboxylic acids is 1. The molecule has 0 radical (unpaired) electrons. The lowest BCUT2D eigenvalue weighted by atomic mass is 10.0. The molecule has 0 bridgehead atoms. The number of rotatable bonds is 6. The van der Waals surface area contributed by atoms with E-state index in [0.29, 0.717) is 0 Å². The summed E-state index contributed by atoms with van der Waals surface area (Å²) in [4.78, 5) is 26.6. The smallest absolute Gasteiger partial charge is 0.254 e. The lowest BCUT2D eigenvalue weighted by Crippen LogP contribution is -2.48. The number of aryl methyl sites for hydroxylation is 1. The third kappa shape index (κ3) is 5.88. The summed E-state index contributed by atoms with van der Waals surface area (Å²) in [7, 11) is 0. The molecule has 0 unspecified atom stereocenters. The van der Waals surface area contributed by atoms with Crippen LogP contribution in [0.2, 0.25) is 0 Å². The molecule has 2 aliphatic rings. The normalized spacial score (nSPS) is 18.7. The van der Waals surface area contributed by atoms with Gasteiger partial charge in [0, 0.05) is 76.4 Å². The van der Waals surface area contributed by atoms with Crippen molar-refractivity contribution in [1.82, 2.24) is 19.6 Å². The van der Waals surface area contributed by atoms with Crippen LogP contribution in [0.1, 0.15) is 35.3 Å². The molecule has 0 aromatic heterocycles. The van der Waals surface area contributed by atoms with Crippen molar-refractivity contribution in [1.29, 1.82) is 0 Å². The molecule has 1 amide bonds. The number of allylic oxidation sites excluding steroid dienone is 3. The number of hydrogen-bond donors (Lipinski definition) is 0. The van der Waals surface area contributed by atoms with E-state index in [1.807, 2.05) is 30.9 Å². The van der Waals surface area contributed by atoms with Gasteiger partial charge in [0.15, 0.2) is 0 Å². The largest absolute Gasteiger partial charge is 0.371 e. The number of amides is 1. The van der Waals surface area contributed by atoms with Crippen LogP contribution >= 0.6 is 0 Å². The van der Waals surface area contributed by atoms with E-state index in [4.69, 9.17) is 0 Å². The predicted molar refractivity (Wildman–Crippen MR) is 133 cm³/mol. The fraction of sp³-hybridized carbons (Fsp3) is 0.462. The maximum Gasteiger partial charge on any atom is 0.254 e. The predicted octanol–water partition coefficient (Wildman–Crippen LogP) is 3.52. The third-order valence-electron chi connectivity index (χ3n) is 6.47. The fourth-order valence-corrected chi connectivity index (χ4v) is 4.41. The molecule has 0 aliphatic carbocycles. The number of benzene rings is 1. The Labute approximate surface area is 193 Å². The maximum atomic E-state index is 13.3. The summed E-state index contributed by atoms with van der Waals surface area (Å²) in [6.45, 7) is 21.6. The fourth-order valence-electron chi connectivity index (χ4n) is 4.41. The second kappa shape index (κ2) is 11.1. The van der Waals surface area contributed by atoms with E-state index in [1.165, 1.54) is 11.3 Å². The van der Waals surface area contributed by atoms with Gasteiger partial charge in [-0.1, -0.05) is 31.4 Å². The minimum atomic E-state index is 0.149. The molecule has 32 heavy (non-hydrogen) atoms. The first-order valence-corrected chi connectivity index (χ1v) is 11.5. The molecule has 0 spiro atoms. The molecule has 2 heterocycles. The molecule has 172 valence electrons. The van der Waals surface area contributed by atoms with Gasteiger partial charge >= 0.3 is 0 Å². The topological polar surface area (TPSA) is 42.4 Å². The van der Waals surface area contributed by atoms with Crippen LogP contribution in [-0.2, 0) is 6.54 Å². The number of nitrogens with zero attached hydrogens (tertiary/aromatic N) is 5. The third-order valence-corrected chi connectivity index (χ3v) is 6.47. The van der Waals surface area contributed by atoms with Crippen LogP contribution in [0.4, 0.5) is 0 Å². The summed E-state index contributed by atoms with van der Waals surface area (Å²) in [6, 6.07) is 6.35. The van der Waals surface area contributed by atoms with Crippen LogP contribution in [0.5, 0.6) is 0 Å². The first-order valence-electron chi connectivity index (χ1n) is 11.5. The number of piperazine rings is 2. The average Bonchev–Trinajstić information content (AvgIpc) is 2.81. The molecular weight excluding hydrogens is 398 g/mol. The lowest BCUT2D eigenvalue weighted by Gasteiger charge is -2.37. The number of aliphatic imine (C=N–C) groups is 1. The Bertz CT molecular complexity index is 887. The van der Waals surface area contributed by atoms with E-state index in [2.05, 4.69) is 58.0 Å². The highest BCUT2D eigenvalue weighted by molar-refractivity contribution is 5.96. The van der Waals surface area contributed by atoms with Crippen molar-refractivity contribution >= 4 is 11.7 Å². The minimum absolute atomic E-state index is 0.149. The zero-order chi connectivity index (χ0) is 23.1. The Hall–Kier alpha value is -2.86. The van der Waals surface area contributed by atoms with Crippen LogP contribution in [0.25, 0.3) is 0 Å². The second-order valence-corrected chi connectivity index (χ2v) is 8.59. The maximum absolute atomic E-state index is 13.3. The van der Waals surface area contributed by atoms with Crippen molar-refractivity contribution in [3.05, 3.63) is 72.1 Å². The monoisotopic (exact) mass is 435 g/mol. The second-order valence-electron chi connectivity index (χ2n) is 8.59. The van der Waals surface area contributed by atoms with E-state index in [1.54, 1.807) is 6.20 Å². The molecule has 1 aromatic carbocycles. The Balaban J connectivity index is 1.60. The van der Waals surface area contributed by atoms with Crippen molar-refractivity contribution < 1.29 is 4.79 Å². The van der Waals surface area contributed by atoms with Gasteiger partial charge < -0.3 is 14.7 Å². The van der Waals surface area contributed by atoms with E-state index in [9.17, 15) is 4.79 Å². The van der Waals surface area contributed by atoms with Gasteiger partial charge in [-0.15, -0.1) is 0 Å². The van der Waals surface area contributed by atoms with Gasteiger partial charge in [-0.25, -0.2) is 4.99 Å². The summed E-state index contributed by atoms with van der Waals surface area (Å²) >= 11 is 0. The molecule has 2 saturated heterocycles. The Kier molecular flexibility index (Phi) is 8.28. The van der Waals surface area contributed by atoms with Crippen LogP contribution in [0.15, 0.2) is 60.4 Å². The highest BCUT2D eigenvalue weighted by Crippen LogP contribution is 2.18. The molecule has 2 fully saturated rings. The first kappa shape index (κ1) is 23.8. The summed E-state index contributed by atoms with van der Waals surface area (Å²) in [6.07, 6.45) is 5.45. The minimum Gasteiger partial charge on any atom is -0.371 e. The van der Waals surface area contributed by atoms with Crippen molar-refractivity contribution in [2.24, 2.45) is 4.99 Å². The molecule has 0 N–H and O–H groups in total. The van der Waals surface area contributed by atoms with Crippen molar-refractivity contribution in [3.63, 3.8) is 0 Å². The van der Waals surface area contributed by atoms with Gasteiger partial charge in [-0.2, -0.15) is 0 Å². The number of amidine groups is 1. The van der Waals surface area contributed by atoms with Gasteiger partial charge in [0.1, 0.15) is 5.84 Å². The van der Waals surface area contributed by atoms with Gasteiger partial charge in [0.05, 0.1) is 0 Å². The summed E-state index contributed by atoms with van der Waals surface area (Å²) in [5, 5.41) is 0. The summed E-state index contributed by atoms with van der Waals surface area (Å²) < 4.78 is 0. The average molecular weight is 436 g/mol. The molecule has 6 nitrogen and oxygen atoms in total. The van der Waals surface area contributed by atoms with E-state index in [-0.39, 0.29) is 5.91 Å². The lowest BCUT2D eigenvalue weighted by molar-refractivity contribution is 0.0668.